The molecule has 0 bridgehead atoms. The largest absolute Gasteiger partial charge is 0.444 e. The summed E-state index contributed by atoms with van der Waals surface area (Å²) in [6.45, 7) is 5.35. The number of nitrogens with zero attached hydrogens (tertiary/aromatic N) is 2. The first-order valence-electron chi connectivity index (χ1n) is 13.2. The van der Waals surface area contributed by atoms with Crippen LogP contribution in [-0.4, -0.2) is 41.5 Å². The quantitative estimate of drug-likeness (QED) is 0.217. The summed E-state index contributed by atoms with van der Waals surface area (Å²) in [6, 6.07) is 22.7. The number of hydrogen-bond acceptors (Lipinski definition) is 7. The van der Waals surface area contributed by atoms with Crippen LogP contribution >= 0.6 is 11.3 Å². The summed E-state index contributed by atoms with van der Waals surface area (Å²) >= 11 is 1.32. The van der Waals surface area contributed by atoms with Crippen molar-refractivity contribution in [3.05, 3.63) is 102 Å². The van der Waals surface area contributed by atoms with E-state index in [1.807, 2.05) is 41.8 Å². The van der Waals surface area contributed by atoms with Crippen LogP contribution in [0.15, 0.2) is 102 Å². The number of carbonyl (C=O) groups excluding carboxylic acids is 2. The molecule has 1 unspecified atom stereocenters. The van der Waals surface area contributed by atoms with Gasteiger partial charge < -0.3 is 15.4 Å². The van der Waals surface area contributed by atoms with Crippen LogP contribution in [0.3, 0.4) is 0 Å². The van der Waals surface area contributed by atoms with Gasteiger partial charge in [-0.05, 0) is 62.2 Å². The molecule has 9 nitrogen and oxygen atoms in total. The zero-order valence-corrected chi connectivity index (χ0v) is 24.9. The molecule has 42 heavy (non-hydrogen) atoms. The Bertz CT molecular complexity index is 1830. The molecule has 0 spiro atoms. The Labute approximate surface area is 248 Å². The fourth-order valence-corrected chi connectivity index (χ4v) is 6.60. The van der Waals surface area contributed by atoms with Gasteiger partial charge in [0.1, 0.15) is 5.60 Å². The molecule has 5 rings (SSSR count). The van der Waals surface area contributed by atoms with E-state index in [-0.39, 0.29) is 17.3 Å². The summed E-state index contributed by atoms with van der Waals surface area (Å²) < 4.78 is 33.5. The molecule has 3 aromatic heterocycles. The fraction of sp³-hybridized carbons (Fsp3) is 0.194. The first-order valence-corrected chi connectivity index (χ1v) is 15.5. The topological polar surface area (TPSA) is 119 Å². The molecule has 0 aliphatic heterocycles. The maximum atomic E-state index is 13.5. The number of rotatable bonds is 8. The number of amides is 2. The molecule has 2 N–H and O–H groups in total. The Kier molecular flexibility index (Phi) is 8.15. The molecule has 1 atom stereocenters. The second kappa shape index (κ2) is 11.8. The summed E-state index contributed by atoms with van der Waals surface area (Å²) in [5.41, 5.74) is 1.79. The molecule has 11 heteroatoms. The summed E-state index contributed by atoms with van der Waals surface area (Å²) in [6.07, 6.45) is 2.51. The van der Waals surface area contributed by atoms with Crippen LogP contribution in [0.5, 0.6) is 0 Å². The lowest BCUT2D eigenvalue weighted by molar-refractivity contribution is -0.117. The molecule has 0 aliphatic carbocycles. The molecule has 0 radical (unpaired) electrons. The molecule has 0 fully saturated rings. The van der Waals surface area contributed by atoms with E-state index in [1.165, 1.54) is 15.3 Å². The predicted octanol–water partition coefficient (Wildman–Crippen LogP) is 6.25. The highest BCUT2D eigenvalue weighted by Gasteiger charge is 2.25. The number of benzene rings is 2. The predicted molar refractivity (Wildman–Crippen MR) is 164 cm³/mol. The number of anilines is 1. The Morgan fingerprint density at radius 3 is 2.38 bits per heavy atom. The molecule has 0 aliphatic rings. The number of ether oxygens (including phenoxy) is 1. The second-order valence-electron chi connectivity index (χ2n) is 10.6. The number of hydrogen-bond donors (Lipinski definition) is 2. The molecule has 0 saturated heterocycles. The summed E-state index contributed by atoms with van der Waals surface area (Å²) in [5.74, 6) is -0.979. The van der Waals surface area contributed by atoms with Gasteiger partial charge in [0.15, 0.2) is 5.65 Å². The van der Waals surface area contributed by atoms with Gasteiger partial charge >= 0.3 is 6.09 Å². The van der Waals surface area contributed by atoms with Crippen LogP contribution in [0.25, 0.3) is 22.2 Å². The van der Waals surface area contributed by atoms with E-state index in [4.69, 9.17) is 4.74 Å². The third-order valence-electron chi connectivity index (χ3n) is 6.36. The Hall–Kier alpha value is -4.48. The van der Waals surface area contributed by atoms with Gasteiger partial charge in [-0.3, -0.25) is 4.79 Å². The van der Waals surface area contributed by atoms with Crippen molar-refractivity contribution in [2.45, 2.75) is 37.2 Å². The van der Waals surface area contributed by atoms with E-state index >= 15 is 0 Å². The molecule has 0 saturated carbocycles. The highest BCUT2D eigenvalue weighted by molar-refractivity contribution is 7.90. The van der Waals surface area contributed by atoms with E-state index < -0.39 is 27.6 Å². The van der Waals surface area contributed by atoms with Crippen molar-refractivity contribution >= 4 is 49.4 Å². The average Bonchev–Trinajstić information content (AvgIpc) is 3.58. The van der Waals surface area contributed by atoms with Crippen LogP contribution in [0.4, 0.5) is 9.80 Å². The molecular formula is C31H30N4O5S2. The zero-order chi connectivity index (χ0) is 29.9. The van der Waals surface area contributed by atoms with Crippen molar-refractivity contribution in [2.75, 3.05) is 11.9 Å². The minimum atomic E-state index is -3.89. The third-order valence-corrected chi connectivity index (χ3v) is 8.87. The van der Waals surface area contributed by atoms with E-state index in [0.29, 0.717) is 21.6 Å². The highest BCUT2D eigenvalue weighted by atomic mass is 32.2. The van der Waals surface area contributed by atoms with E-state index in [1.54, 1.807) is 75.6 Å². The Morgan fingerprint density at radius 2 is 1.69 bits per heavy atom. The third kappa shape index (κ3) is 6.37. The zero-order valence-electron chi connectivity index (χ0n) is 23.3. The van der Waals surface area contributed by atoms with Crippen LogP contribution in [0, 0.1) is 0 Å². The van der Waals surface area contributed by atoms with Crippen molar-refractivity contribution in [2.24, 2.45) is 0 Å². The SMILES string of the molecule is CC(C)(C)OC(=O)NCC(C(=O)Nc1cc(-c2cn(S(=O)(=O)c3ccccc3)c3ncccc23)cs1)c1ccccc1. The lowest BCUT2D eigenvalue weighted by atomic mass is 9.98. The van der Waals surface area contributed by atoms with Gasteiger partial charge in [0.2, 0.25) is 5.91 Å². The molecule has 3 heterocycles. The smallest absolute Gasteiger partial charge is 0.407 e. The number of nitrogens with one attached hydrogen (secondary N) is 2. The minimum absolute atomic E-state index is 0.0412. The summed E-state index contributed by atoms with van der Waals surface area (Å²) in [7, 11) is -3.89. The summed E-state index contributed by atoms with van der Waals surface area (Å²) in [5, 5.41) is 8.75. The Balaban J connectivity index is 1.41. The van der Waals surface area contributed by atoms with Crippen molar-refractivity contribution in [3.63, 3.8) is 0 Å². The first kappa shape index (κ1) is 29.0. The van der Waals surface area contributed by atoms with E-state index in [2.05, 4.69) is 15.6 Å². The van der Waals surface area contributed by atoms with Crippen LogP contribution in [-0.2, 0) is 19.6 Å². The maximum Gasteiger partial charge on any atom is 0.407 e. The number of carbonyl (C=O) groups is 2. The molecule has 2 amide bonds. The van der Waals surface area contributed by atoms with E-state index in [9.17, 15) is 18.0 Å². The number of aromatic nitrogens is 2. The minimum Gasteiger partial charge on any atom is -0.444 e. The van der Waals surface area contributed by atoms with Gasteiger partial charge in [-0.2, -0.15) is 0 Å². The van der Waals surface area contributed by atoms with Crippen molar-refractivity contribution in [3.8, 4) is 11.1 Å². The summed E-state index contributed by atoms with van der Waals surface area (Å²) in [4.78, 5) is 30.3. The van der Waals surface area contributed by atoms with Crippen LogP contribution < -0.4 is 10.6 Å². The molecule has 216 valence electrons. The Morgan fingerprint density at radius 1 is 1.00 bits per heavy atom. The standard InChI is InChI=1S/C31H30N4O5S2/c1-31(2,3)40-30(37)33-18-25(21-11-6-4-7-12-21)29(36)34-27-17-22(20-41-27)26-19-35(28-24(26)15-10-16-32-28)42(38,39)23-13-8-5-9-14-23/h4-17,19-20,25H,18H2,1-3H3,(H,33,37)(H,34,36). The number of alkyl carbamates (subject to hydrolysis) is 1. The van der Waals surface area contributed by atoms with Crippen LogP contribution in [0.1, 0.15) is 32.3 Å². The number of thiophene rings is 1. The average molecular weight is 603 g/mol. The fourth-order valence-electron chi connectivity index (χ4n) is 4.45. The van der Waals surface area contributed by atoms with E-state index in [0.717, 1.165) is 11.1 Å². The van der Waals surface area contributed by atoms with Gasteiger partial charge in [-0.15, -0.1) is 11.3 Å². The first-order chi connectivity index (χ1) is 20.0. The molecule has 5 aromatic rings. The van der Waals surface area contributed by atoms with Crippen LogP contribution in [0.2, 0.25) is 0 Å². The number of fused-ring (bicyclic) bond motifs is 1. The van der Waals surface area contributed by atoms with Gasteiger partial charge in [0, 0.05) is 35.3 Å². The van der Waals surface area contributed by atoms with Crippen molar-refractivity contribution in [1.82, 2.24) is 14.3 Å². The second-order valence-corrected chi connectivity index (χ2v) is 13.3. The highest BCUT2D eigenvalue weighted by Crippen LogP contribution is 2.36. The lowest BCUT2D eigenvalue weighted by Gasteiger charge is -2.22. The van der Waals surface area contributed by atoms with Gasteiger partial charge in [-0.25, -0.2) is 22.2 Å². The monoisotopic (exact) mass is 602 g/mol. The van der Waals surface area contributed by atoms with Crippen molar-refractivity contribution in [1.29, 1.82) is 0 Å². The van der Waals surface area contributed by atoms with Gasteiger partial charge in [-0.1, -0.05) is 48.5 Å². The van der Waals surface area contributed by atoms with Crippen molar-refractivity contribution < 1.29 is 22.7 Å². The molecular weight excluding hydrogens is 572 g/mol. The van der Waals surface area contributed by atoms with Gasteiger partial charge in [0.25, 0.3) is 10.0 Å². The normalized spacial score (nSPS) is 12.5. The van der Waals surface area contributed by atoms with Gasteiger partial charge in [0.05, 0.1) is 15.8 Å². The maximum absolute atomic E-state index is 13.5. The lowest BCUT2D eigenvalue weighted by Crippen LogP contribution is -2.37. The molecule has 2 aromatic carbocycles. The number of pyridine rings is 1.